The second-order valence-corrected chi connectivity index (χ2v) is 11.9. The number of hydrogen-bond donors (Lipinski definition) is 14. The molecule has 4 heterocycles. The van der Waals surface area contributed by atoms with Gasteiger partial charge in [-0.1, -0.05) is 0 Å². The fraction of sp³-hybridized carbons (Fsp3) is 1.00. The molecule has 4 rings (SSSR count). The van der Waals surface area contributed by atoms with Crippen molar-refractivity contribution < 1.29 is 99.9 Å². The minimum Gasteiger partial charge on any atom is -0.394 e. The van der Waals surface area contributed by atoms with E-state index in [0.29, 0.717) is 0 Å². The van der Waals surface area contributed by atoms with Crippen molar-refractivity contribution in [3.05, 3.63) is 0 Å². The van der Waals surface area contributed by atoms with E-state index in [-0.39, 0.29) is 0 Å². The molecule has 0 aliphatic carbocycles. The van der Waals surface area contributed by atoms with E-state index in [9.17, 15) is 71.5 Å². The second kappa shape index (κ2) is 14.4. The summed E-state index contributed by atoms with van der Waals surface area (Å²) < 4.78 is 32.8. The molecule has 0 aromatic rings. The van der Waals surface area contributed by atoms with Gasteiger partial charge in [-0.05, 0) is 0 Å². The van der Waals surface area contributed by atoms with Gasteiger partial charge in [0.2, 0.25) is 5.79 Å². The zero-order chi connectivity index (χ0) is 33.5. The molecule has 4 aliphatic rings. The van der Waals surface area contributed by atoms with Crippen molar-refractivity contribution in [1.82, 2.24) is 0 Å². The molecule has 0 amide bonds. The van der Waals surface area contributed by atoms with Gasteiger partial charge in [0.15, 0.2) is 11.9 Å². The first-order valence-electron chi connectivity index (χ1n) is 14.3. The molecule has 20 nitrogen and oxygen atoms in total. The summed E-state index contributed by atoms with van der Waals surface area (Å²) in [6.45, 7) is -6.29. The minimum atomic E-state index is -2.63. The van der Waals surface area contributed by atoms with Crippen molar-refractivity contribution in [3.8, 4) is 0 Å². The Labute approximate surface area is 255 Å². The average Bonchev–Trinajstić information content (AvgIpc) is 3.54. The van der Waals surface area contributed by atoms with Crippen molar-refractivity contribution in [2.24, 2.45) is 0 Å². The maximum Gasteiger partial charge on any atom is 0.221 e. The van der Waals surface area contributed by atoms with Crippen LogP contribution in [-0.4, -0.2) is 220 Å². The summed E-state index contributed by atoms with van der Waals surface area (Å²) >= 11 is 0. The summed E-state index contributed by atoms with van der Waals surface area (Å²) in [4.78, 5) is 0. The van der Waals surface area contributed by atoms with Crippen LogP contribution in [0.25, 0.3) is 0 Å². The smallest absolute Gasteiger partial charge is 0.221 e. The lowest BCUT2D eigenvalue weighted by Crippen LogP contribution is -2.61. The Morgan fingerprint density at radius 1 is 0.533 bits per heavy atom. The molecule has 0 saturated carbocycles. The quantitative estimate of drug-likeness (QED) is 0.0868. The largest absolute Gasteiger partial charge is 0.394 e. The monoisotopic (exact) mass is 664 g/mol. The van der Waals surface area contributed by atoms with E-state index >= 15 is 0 Å². The van der Waals surface area contributed by atoms with Gasteiger partial charge in [-0.3, -0.25) is 0 Å². The molecule has 264 valence electrons. The molecule has 0 bridgehead atoms. The fourth-order valence-corrected chi connectivity index (χ4v) is 6.12. The minimum absolute atomic E-state index is 0.488. The molecule has 4 fully saturated rings. The Morgan fingerprint density at radius 3 is 1.64 bits per heavy atom. The highest BCUT2D eigenvalue weighted by Gasteiger charge is 2.63. The number of aliphatic hydroxyl groups is 14. The summed E-state index contributed by atoms with van der Waals surface area (Å²) in [6, 6.07) is 0. The lowest BCUT2D eigenvalue weighted by atomic mass is 9.85. The van der Waals surface area contributed by atoms with E-state index in [1.807, 2.05) is 0 Å². The zero-order valence-corrected chi connectivity index (χ0v) is 24.0. The third kappa shape index (κ3) is 6.50. The van der Waals surface area contributed by atoms with Crippen LogP contribution in [0.2, 0.25) is 0 Å². The van der Waals surface area contributed by atoms with Crippen molar-refractivity contribution in [2.75, 3.05) is 46.2 Å². The van der Waals surface area contributed by atoms with Crippen LogP contribution >= 0.6 is 0 Å². The first-order valence-corrected chi connectivity index (χ1v) is 14.3. The fourth-order valence-electron chi connectivity index (χ4n) is 6.12. The molecule has 17 atom stereocenters. The van der Waals surface area contributed by atoms with Gasteiger partial charge in [-0.2, -0.15) is 0 Å². The maximum atomic E-state index is 11.6. The summed E-state index contributed by atoms with van der Waals surface area (Å²) in [5.41, 5.74) is -5.10. The molecule has 0 aromatic heterocycles. The third-order valence-corrected chi connectivity index (χ3v) is 9.05. The van der Waals surface area contributed by atoms with Crippen LogP contribution in [0.1, 0.15) is 6.42 Å². The first kappa shape index (κ1) is 37.0. The SMILES string of the molecule is OCC1O[C@@H](C[C@@H]2O[C@H](CO)[C@H](O)C2(O)CO[C@@H]2O[C@H](CO)[C@H](O)C2(O)CO[C@]2(CO)O[C@H](CO)[C@H](O)C2O)C(O)[C@@H](O)[C@H]1O. The Morgan fingerprint density at radius 2 is 1.09 bits per heavy atom. The summed E-state index contributed by atoms with van der Waals surface area (Å²) in [5, 5.41) is 144. The predicted octanol–water partition coefficient (Wildman–Crippen LogP) is -9.29. The highest BCUT2D eigenvalue weighted by Crippen LogP contribution is 2.40. The van der Waals surface area contributed by atoms with E-state index in [0.717, 1.165) is 0 Å². The average molecular weight is 665 g/mol. The normalized spacial score (nSPS) is 52.1. The van der Waals surface area contributed by atoms with Gasteiger partial charge < -0.3 is 99.9 Å². The number of rotatable bonds is 13. The lowest BCUT2D eigenvalue weighted by molar-refractivity contribution is -0.311. The zero-order valence-electron chi connectivity index (χ0n) is 24.0. The van der Waals surface area contributed by atoms with Crippen LogP contribution < -0.4 is 0 Å². The second-order valence-electron chi connectivity index (χ2n) is 11.9. The molecule has 4 aliphatic heterocycles. The maximum absolute atomic E-state index is 11.6. The highest BCUT2D eigenvalue weighted by atomic mass is 16.8. The van der Waals surface area contributed by atoms with Crippen molar-refractivity contribution in [2.45, 2.75) is 109 Å². The van der Waals surface area contributed by atoms with Crippen LogP contribution in [0, 0.1) is 0 Å². The number of ether oxygens (including phenoxy) is 6. The van der Waals surface area contributed by atoms with Gasteiger partial charge in [0.25, 0.3) is 0 Å². The van der Waals surface area contributed by atoms with E-state index in [1.54, 1.807) is 0 Å². The van der Waals surface area contributed by atoms with E-state index in [4.69, 9.17) is 28.4 Å². The molecule has 5 unspecified atom stereocenters. The Bertz CT molecular complexity index is 962. The standard InChI is InChI=1S/C25H44O20/c26-2-10-16(32)18(34)15(31)9(42-10)1-14-23(38,19(35)12(4-28)43-14)7-40-22-24(39,20(36)13(5-29)44-22)8-41-25(6-30)21(37)17(33)11(3-27)45-25/h9-22,26-39H,1-8H2/t9-,10?,11+,12+,13+,14-,15?,16-,17-,18+,19-,20-,21?,22+,23?,24?,25+/m0/s1. The van der Waals surface area contributed by atoms with Crippen molar-refractivity contribution in [1.29, 1.82) is 0 Å². The van der Waals surface area contributed by atoms with Gasteiger partial charge in [-0.15, -0.1) is 0 Å². The molecule has 4 saturated heterocycles. The van der Waals surface area contributed by atoms with Gasteiger partial charge >= 0.3 is 0 Å². The molecular formula is C25H44O20. The molecule has 0 radical (unpaired) electrons. The summed E-state index contributed by atoms with van der Waals surface area (Å²) in [6.07, 6.45) is -23.6. The molecule has 20 heteroatoms. The van der Waals surface area contributed by atoms with Crippen LogP contribution in [-0.2, 0) is 28.4 Å². The van der Waals surface area contributed by atoms with E-state index in [1.165, 1.54) is 0 Å². The molecule has 45 heavy (non-hydrogen) atoms. The van der Waals surface area contributed by atoms with E-state index < -0.39 is 155 Å². The first-order chi connectivity index (χ1) is 21.2. The number of hydrogen-bond acceptors (Lipinski definition) is 20. The predicted molar refractivity (Wildman–Crippen MR) is 137 cm³/mol. The molecule has 14 N–H and O–H groups in total. The van der Waals surface area contributed by atoms with Crippen LogP contribution in [0.3, 0.4) is 0 Å². The summed E-state index contributed by atoms with van der Waals surface area (Å²) in [5.74, 6) is -2.39. The van der Waals surface area contributed by atoms with E-state index in [2.05, 4.69) is 0 Å². The Hall–Kier alpha value is -0.800. The topological polar surface area (TPSA) is 339 Å². The third-order valence-electron chi connectivity index (χ3n) is 9.05. The Kier molecular flexibility index (Phi) is 11.8. The van der Waals surface area contributed by atoms with Crippen molar-refractivity contribution >= 4 is 0 Å². The lowest BCUT2D eigenvalue weighted by Gasteiger charge is -2.42. The van der Waals surface area contributed by atoms with Gasteiger partial charge in [0, 0.05) is 6.42 Å². The Balaban J connectivity index is 1.53. The van der Waals surface area contributed by atoms with Crippen LogP contribution in [0.4, 0.5) is 0 Å². The van der Waals surface area contributed by atoms with Crippen LogP contribution in [0.15, 0.2) is 0 Å². The van der Waals surface area contributed by atoms with Gasteiger partial charge in [0.05, 0.1) is 51.8 Å². The van der Waals surface area contributed by atoms with Gasteiger partial charge in [-0.25, -0.2) is 0 Å². The summed E-state index contributed by atoms with van der Waals surface area (Å²) in [7, 11) is 0. The molecular weight excluding hydrogens is 620 g/mol. The molecule has 0 aromatic carbocycles. The molecule has 0 spiro atoms. The highest BCUT2D eigenvalue weighted by molar-refractivity contribution is 5.08. The van der Waals surface area contributed by atoms with Crippen molar-refractivity contribution in [3.63, 3.8) is 0 Å². The number of aliphatic hydroxyl groups excluding tert-OH is 12. The van der Waals surface area contributed by atoms with Crippen LogP contribution in [0.5, 0.6) is 0 Å². The van der Waals surface area contributed by atoms with Gasteiger partial charge in [0.1, 0.15) is 79.4 Å².